The maximum atomic E-state index is 13.6. The third kappa shape index (κ3) is 6.33. The number of benzene rings is 2. The monoisotopic (exact) mass is 503 g/mol. The zero-order valence-electron chi connectivity index (χ0n) is 19.8. The molecule has 0 aliphatic heterocycles. The minimum Gasteiger partial charge on any atom is -0.326 e. The van der Waals surface area contributed by atoms with Crippen LogP contribution in [0.3, 0.4) is 0 Å². The summed E-state index contributed by atoms with van der Waals surface area (Å²) in [4.78, 5) is 27.9. The van der Waals surface area contributed by atoms with E-state index in [-0.39, 0.29) is 11.8 Å². The van der Waals surface area contributed by atoms with Gasteiger partial charge in [-0.3, -0.25) is 9.59 Å². The summed E-state index contributed by atoms with van der Waals surface area (Å²) in [6, 6.07) is 19.6. The SMILES string of the molecule is CCCCC(=O)Nc1cccc(SC(C(=O)Nc2sc3c(c2C#N)CCCC3)c2ccccc2)c1. The van der Waals surface area contributed by atoms with Gasteiger partial charge in [-0.1, -0.05) is 49.7 Å². The van der Waals surface area contributed by atoms with Gasteiger partial charge in [-0.2, -0.15) is 5.26 Å². The standard InChI is InChI=1S/C28H29N3O2S2/c1-2-3-16-25(32)30-20-12-9-13-21(17-20)34-26(19-10-5-4-6-11-19)27(33)31-28-23(18-29)22-14-7-8-15-24(22)35-28/h4-6,9-13,17,26H,2-3,7-8,14-16H2,1H3,(H,30,32)(H,31,33). The lowest BCUT2D eigenvalue weighted by Crippen LogP contribution is -2.19. The van der Waals surface area contributed by atoms with E-state index in [9.17, 15) is 14.9 Å². The smallest absolute Gasteiger partial charge is 0.243 e. The first-order valence-electron chi connectivity index (χ1n) is 12.1. The zero-order chi connectivity index (χ0) is 24.6. The van der Waals surface area contributed by atoms with Gasteiger partial charge in [0.05, 0.1) is 5.56 Å². The summed E-state index contributed by atoms with van der Waals surface area (Å²) in [5, 5.41) is 16.0. The molecule has 7 heteroatoms. The molecule has 1 aliphatic carbocycles. The average molecular weight is 504 g/mol. The van der Waals surface area contributed by atoms with Crippen LogP contribution in [0.1, 0.15) is 65.8 Å². The van der Waals surface area contributed by atoms with Crippen LogP contribution >= 0.6 is 23.1 Å². The van der Waals surface area contributed by atoms with Crippen molar-refractivity contribution in [3.05, 3.63) is 76.2 Å². The Balaban J connectivity index is 1.56. The summed E-state index contributed by atoms with van der Waals surface area (Å²) < 4.78 is 0. The summed E-state index contributed by atoms with van der Waals surface area (Å²) >= 11 is 2.97. The topological polar surface area (TPSA) is 82.0 Å². The van der Waals surface area contributed by atoms with Crippen molar-refractivity contribution in [1.82, 2.24) is 0 Å². The number of unbranched alkanes of at least 4 members (excludes halogenated alkanes) is 1. The Bertz CT molecular complexity index is 1230. The van der Waals surface area contributed by atoms with Crippen molar-refractivity contribution in [2.75, 3.05) is 10.6 Å². The number of carbonyl (C=O) groups excluding carboxylic acids is 2. The van der Waals surface area contributed by atoms with Gasteiger partial charge >= 0.3 is 0 Å². The van der Waals surface area contributed by atoms with E-state index in [0.717, 1.165) is 60.2 Å². The van der Waals surface area contributed by atoms with Crippen molar-refractivity contribution in [2.24, 2.45) is 0 Å². The molecule has 0 bridgehead atoms. The van der Waals surface area contributed by atoms with E-state index in [2.05, 4.69) is 23.6 Å². The van der Waals surface area contributed by atoms with Crippen LogP contribution in [0.15, 0.2) is 59.5 Å². The fourth-order valence-electron chi connectivity index (χ4n) is 4.19. The number of thioether (sulfide) groups is 1. The summed E-state index contributed by atoms with van der Waals surface area (Å²) in [7, 11) is 0. The third-order valence-electron chi connectivity index (χ3n) is 5.99. The number of aryl methyl sites for hydroxylation is 1. The Morgan fingerprint density at radius 2 is 1.89 bits per heavy atom. The van der Waals surface area contributed by atoms with Crippen molar-refractivity contribution < 1.29 is 9.59 Å². The molecule has 3 aromatic rings. The molecule has 0 spiro atoms. The molecule has 4 rings (SSSR count). The maximum absolute atomic E-state index is 13.6. The van der Waals surface area contributed by atoms with Gasteiger partial charge in [0.1, 0.15) is 16.3 Å². The van der Waals surface area contributed by atoms with Crippen LogP contribution in [0.5, 0.6) is 0 Å². The average Bonchev–Trinajstić information content (AvgIpc) is 3.23. The highest BCUT2D eigenvalue weighted by atomic mass is 32.2. The van der Waals surface area contributed by atoms with Crippen LogP contribution in [0.4, 0.5) is 10.7 Å². The second-order valence-electron chi connectivity index (χ2n) is 8.60. The molecule has 1 aliphatic rings. The molecular formula is C28H29N3O2S2. The van der Waals surface area contributed by atoms with E-state index in [1.807, 2.05) is 54.6 Å². The Morgan fingerprint density at radius 1 is 1.09 bits per heavy atom. The molecule has 2 N–H and O–H groups in total. The summed E-state index contributed by atoms with van der Waals surface area (Å²) in [5.74, 6) is -0.161. The predicted molar refractivity (Wildman–Crippen MR) is 144 cm³/mol. The van der Waals surface area contributed by atoms with Crippen molar-refractivity contribution in [1.29, 1.82) is 5.26 Å². The first kappa shape index (κ1) is 25.0. The number of nitrogens with zero attached hydrogens (tertiary/aromatic N) is 1. The Morgan fingerprint density at radius 3 is 2.66 bits per heavy atom. The van der Waals surface area contributed by atoms with Crippen LogP contribution in [-0.2, 0) is 22.4 Å². The van der Waals surface area contributed by atoms with E-state index in [0.29, 0.717) is 17.0 Å². The zero-order valence-corrected chi connectivity index (χ0v) is 21.4. The summed E-state index contributed by atoms with van der Waals surface area (Å²) in [6.07, 6.45) is 6.40. The van der Waals surface area contributed by atoms with Crippen LogP contribution in [0.2, 0.25) is 0 Å². The van der Waals surface area contributed by atoms with E-state index < -0.39 is 5.25 Å². The number of fused-ring (bicyclic) bond motifs is 1. The van der Waals surface area contributed by atoms with Gasteiger partial charge in [-0.15, -0.1) is 23.1 Å². The highest BCUT2D eigenvalue weighted by Gasteiger charge is 2.26. The highest BCUT2D eigenvalue weighted by Crippen LogP contribution is 2.41. The molecule has 0 saturated heterocycles. The van der Waals surface area contributed by atoms with E-state index in [1.165, 1.54) is 28.0 Å². The number of carbonyl (C=O) groups is 2. The van der Waals surface area contributed by atoms with E-state index >= 15 is 0 Å². The molecule has 0 radical (unpaired) electrons. The highest BCUT2D eigenvalue weighted by molar-refractivity contribution is 8.00. The van der Waals surface area contributed by atoms with Crippen molar-refractivity contribution >= 4 is 45.6 Å². The van der Waals surface area contributed by atoms with Gasteiger partial charge in [0.2, 0.25) is 11.8 Å². The minimum absolute atomic E-state index is 0.00273. The van der Waals surface area contributed by atoms with Gasteiger partial charge in [0.15, 0.2) is 0 Å². The van der Waals surface area contributed by atoms with Gasteiger partial charge < -0.3 is 10.6 Å². The molecule has 2 amide bonds. The Labute approximate surface area is 214 Å². The van der Waals surface area contributed by atoms with E-state index in [4.69, 9.17) is 0 Å². The number of hydrogen-bond donors (Lipinski definition) is 2. The number of nitrogens with one attached hydrogen (secondary N) is 2. The number of nitriles is 1. The van der Waals surface area contributed by atoms with Gasteiger partial charge in [0.25, 0.3) is 0 Å². The predicted octanol–water partition coefficient (Wildman–Crippen LogP) is 7.10. The maximum Gasteiger partial charge on any atom is 0.243 e. The number of amides is 2. The second-order valence-corrected chi connectivity index (χ2v) is 10.9. The lowest BCUT2D eigenvalue weighted by Gasteiger charge is -2.17. The Hall–Kier alpha value is -3.08. The number of rotatable bonds is 9. The molecule has 35 heavy (non-hydrogen) atoms. The van der Waals surface area contributed by atoms with Crippen LogP contribution in [0, 0.1) is 11.3 Å². The molecule has 2 aromatic carbocycles. The molecule has 1 heterocycles. The van der Waals surface area contributed by atoms with Gasteiger partial charge in [-0.25, -0.2) is 0 Å². The van der Waals surface area contributed by atoms with E-state index in [1.54, 1.807) is 0 Å². The van der Waals surface area contributed by atoms with Crippen LogP contribution in [0.25, 0.3) is 0 Å². The first-order valence-corrected chi connectivity index (χ1v) is 13.8. The summed E-state index contributed by atoms with van der Waals surface area (Å²) in [6.45, 7) is 2.06. The number of anilines is 2. The largest absolute Gasteiger partial charge is 0.326 e. The number of thiophene rings is 1. The van der Waals surface area contributed by atoms with Crippen LogP contribution in [-0.4, -0.2) is 11.8 Å². The first-order chi connectivity index (χ1) is 17.1. The van der Waals surface area contributed by atoms with Gasteiger partial charge in [-0.05, 0) is 61.4 Å². The molecule has 0 fully saturated rings. The lowest BCUT2D eigenvalue weighted by molar-refractivity contribution is -0.116. The molecule has 1 unspecified atom stereocenters. The molecular weight excluding hydrogens is 474 g/mol. The van der Waals surface area contributed by atoms with Crippen molar-refractivity contribution in [3.8, 4) is 6.07 Å². The molecule has 0 saturated carbocycles. The quantitative estimate of drug-likeness (QED) is 0.305. The molecule has 1 atom stereocenters. The molecule has 1 aromatic heterocycles. The molecule has 5 nitrogen and oxygen atoms in total. The van der Waals surface area contributed by atoms with Crippen molar-refractivity contribution in [3.63, 3.8) is 0 Å². The fourth-order valence-corrected chi connectivity index (χ4v) is 6.52. The third-order valence-corrected chi connectivity index (χ3v) is 8.44. The molecule has 180 valence electrons. The van der Waals surface area contributed by atoms with Crippen molar-refractivity contribution in [2.45, 2.75) is 62.0 Å². The van der Waals surface area contributed by atoms with Gasteiger partial charge in [0, 0.05) is 21.9 Å². The fraction of sp³-hybridized carbons (Fsp3) is 0.321. The second kappa shape index (κ2) is 12.1. The number of hydrogen-bond acceptors (Lipinski definition) is 5. The normalized spacial score (nSPS) is 13.4. The summed E-state index contributed by atoms with van der Waals surface area (Å²) in [5.41, 5.74) is 3.33. The Kier molecular flexibility index (Phi) is 8.62. The minimum atomic E-state index is -0.507. The lowest BCUT2D eigenvalue weighted by atomic mass is 9.96. The van der Waals surface area contributed by atoms with Crippen LogP contribution < -0.4 is 10.6 Å².